The van der Waals surface area contributed by atoms with E-state index in [4.69, 9.17) is 23.2 Å². The first kappa shape index (κ1) is 19.2. The van der Waals surface area contributed by atoms with Crippen LogP contribution in [-0.2, 0) is 14.4 Å². The number of benzene rings is 1. The van der Waals surface area contributed by atoms with E-state index in [1.165, 1.54) is 6.07 Å². The fourth-order valence-corrected chi connectivity index (χ4v) is 4.67. The number of nitrogens with zero attached hydrogens (tertiary/aromatic N) is 3. The number of imide groups is 1. The largest absolute Gasteiger partial charge is 0.297 e. The van der Waals surface area contributed by atoms with Crippen molar-refractivity contribution in [3.05, 3.63) is 40.4 Å². The van der Waals surface area contributed by atoms with Gasteiger partial charge in [-0.15, -0.1) is 0 Å². The minimum absolute atomic E-state index is 0.123. The predicted molar refractivity (Wildman–Crippen MR) is 107 cm³/mol. The molecule has 1 aromatic carbocycles. The van der Waals surface area contributed by atoms with E-state index in [-0.39, 0.29) is 22.4 Å². The maximum atomic E-state index is 13.4. The third-order valence-corrected chi connectivity index (χ3v) is 5.99. The van der Waals surface area contributed by atoms with E-state index in [1.807, 2.05) is 6.08 Å². The molecule has 0 bridgehead atoms. The Morgan fingerprint density at radius 2 is 1.79 bits per heavy atom. The van der Waals surface area contributed by atoms with Gasteiger partial charge in [0.15, 0.2) is 5.78 Å². The zero-order chi connectivity index (χ0) is 20.4. The van der Waals surface area contributed by atoms with Crippen LogP contribution in [0.5, 0.6) is 0 Å². The number of amides is 2. The zero-order valence-electron chi connectivity index (χ0n) is 15.6. The number of anilines is 1. The van der Waals surface area contributed by atoms with Gasteiger partial charge in [0.05, 0.1) is 28.6 Å². The molecule has 2 fully saturated rings. The van der Waals surface area contributed by atoms with Gasteiger partial charge in [-0.25, -0.2) is 4.90 Å². The van der Waals surface area contributed by atoms with Crippen molar-refractivity contribution < 1.29 is 14.4 Å². The van der Waals surface area contributed by atoms with Crippen LogP contribution in [0, 0.1) is 17.3 Å². The molecule has 3 heterocycles. The summed E-state index contributed by atoms with van der Waals surface area (Å²) >= 11 is 12.2. The molecule has 0 aromatic heterocycles. The Kier molecular flexibility index (Phi) is 4.39. The van der Waals surface area contributed by atoms with Crippen LogP contribution in [-0.4, -0.2) is 40.9 Å². The van der Waals surface area contributed by atoms with Gasteiger partial charge in [-0.05, 0) is 24.3 Å². The fraction of sp³-hybridized carbons (Fsp3) is 0.400. The van der Waals surface area contributed by atoms with Gasteiger partial charge in [-0.1, -0.05) is 50.0 Å². The molecule has 0 spiro atoms. The fourth-order valence-electron chi connectivity index (χ4n) is 4.18. The number of hydrogen-bond donors (Lipinski definition) is 0. The van der Waals surface area contributed by atoms with Crippen molar-refractivity contribution in [2.45, 2.75) is 32.9 Å². The highest BCUT2D eigenvalue weighted by atomic mass is 35.5. The molecular weight excluding hydrogens is 401 g/mol. The van der Waals surface area contributed by atoms with E-state index in [0.29, 0.717) is 5.02 Å². The summed E-state index contributed by atoms with van der Waals surface area (Å²) in [5.41, 5.74) is -0.401. The molecule has 4 atom stereocenters. The molecule has 4 rings (SSSR count). The number of rotatable bonds is 2. The SMILES string of the molecule is CC(C)(C)C(=O)[C@H]1[C@H]2C(=O)N(c3ccc(Cl)cc3Cl)C(=O)[C@H]2[C@@H]2C=CC=NN21. The van der Waals surface area contributed by atoms with Crippen molar-refractivity contribution in [2.75, 3.05) is 4.90 Å². The van der Waals surface area contributed by atoms with Gasteiger partial charge in [0.2, 0.25) is 11.8 Å². The average Bonchev–Trinajstić information content (AvgIpc) is 3.08. The molecule has 8 heteroatoms. The zero-order valence-corrected chi connectivity index (χ0v) is 17.1. The number of ketones is 1. The van der Waals surface area contributed by atoms with Gasteiger partial charge in [-0.2, -0.15) is 5.10 Å². The highest BCUT2D eigenvalue weighted by Gasteiger charge is 2.64. The molecule has 0 unspecified atom stereocenters. The number of carbonyl (C=O) groups excluding carboxylic acids is 3. The van der Waals surface area contributed by atoms with Gasteiger partial charge in [0, 0.05) is 16.7 Å². The number of hydrazone groups is 1. The first-order valence-corrected chi connectivity index (χ1v) is 9.75. The van der Waals surface area contributed by atoms with E-state index < -0.39 is 35.2 Å². The van der Waals surface area contributed by atoms with Crippen LogP contribution in [0.4, 0.5) is 5.69 Å². The molecule has 2 saturated heterocycles. The third kappa shape index (κ3) is 2.70. The van der Waals surface area contributed by atoms with Crippen molar-refractivity contribution in [1.29, 1.82) is 0 Å². The van der Waals surface area contributed by atoms with Crippen molar-refractivity contribution in [2.24, 2.45) is 22.4 Å². The topological polar surface area (TPSA) is 70.0 Å². The molecule has 146 valence electrons. The molecular formula is C20H19Cl2N3O3. The number of hydrogen-bond acceptors (Lipinski definition) is 5. The lowest BCUT2D eigenvalue weighted by atomic mass is 9.80. The van der Waals surface area contributed by atoms with Crippen molar-refractivity contribution in [3.63, 3.8) is 0 Å². The van der Waals surface area contributed by atoms with Crippen molar-refractivity contribution >= 4 is 52.7 Å². The number of carbonyl (C=O) groups is 3. The lowest BCUT2D eigenvalue weighted by molar-refractivity contribution is -0.136. The molecule has 3 aliphatic heterocycles. The molecule has 0 aliphatic carbocycles. The van der Waals surface area contributed by atoms with E-state index in [1.54, 1.807) is 50.2 Å². The molecule has 3 aliphatic rings. The van der Waals surface area contributed by atoms with E-state index in [9.17, 15) is 14.4 Å². The van der Waals surface area contributed by atoms with Gasteiger partial charge < -0.3 is 0 Å². The lowest BCUT2D eigenvalue weighted by Gasteiger charge is -2.33. The molecule has 2 amide bonds. The van der Waals surface area contributed by atoms with E-state index in [0.717, 1.165) is 4.90 Å². The summed E-state index contributed by atoms with van der Waals surface area (Å²) in [7, 11) is 0. The summed E-state index contributed by atoms with van der Waals surface area (Å²) in [4.78, 5) is 41.0. The maximum absolute atomic E-state index is 13.4. The van der Waals surface area contributed by atoms with Crippen LogP contribution in [0.25, 0.3) is 0 Å². The van der Waals surface area contributed by atoms with E-state index in [2.05, 4.69) is 5.10 Å². The molecule has 28 heavy (non-hydrogen) atoms. The summed E-state index contributed by atoms with van der Waals surface area (Å²) in [5.74, 6) is -2.43. The standard InChI is InChI=1S/C20H19Cl2N3O3/c1-20(2,3)17(26)16-15-14(13-5-4-8-23-25(13)16)18(27)24(19(15)28)12-7-6-10(21)9-11(12)22/h4-9,13-16H,1-3H3/t13-,14-,15-,16+/m0/s1. The van der Waals surface area contributed by atoms with E-state index >= 15 is 0 Å². The highest BCUT2D eigenvalue weighted by molar-refractivity contribution is 6.38. The Balaban J connectivity index is 1.81. The van der Waals surface area contributed by atoms with Gasteiger partial charge >= 0.3 is 0 Å². The predicted octanol–water partition coefficient (Wildman–Crippen LogP) is 3.32. The Morgan fingerprint density at radius 3 is 2.43 bits per heavy atom. The van der Waals surface area contributed by atoms with Crippen LogP contribution in [0.15, 0.2) is 35.5 Å². The number of halogens is 2. The Labute approximate surface area is 172 Å². The number of allylic oxidation sites excluding steroid dienone is 1. The average molecular weight is 420 g/mol. The Hall–Kier alpha value is -2.18. The molecule has 1 aromatic rings. The monoisotopic (exact) mass is 419 g/mol. The molecule has 0 N–H and O–H groups in total. The Bertz CT molecular complexity index is 951. The first-order chi connectivity index (χ1) is 13.1. The number of fused-ring (bicyclic) bond motifs is 3. The Morgan fingerprint density at radius 1 is 1.11 bits per heavy atom. The van der Waals surface area contributed by atoms with Crippen LogP contribution < -0.4 is 4.90 Å². The molecule has 0 saturated carbocycles. The second-order valence-corrected chi connectivity index (χ2v) is 9.08. The summed E-state index contributed by atoms with van der Waals surface area (Å²) in [5, 5.41) is 6.55. The molecule has 6 nitrogen and oxygen atoms in total. The van der Waals surface area contributed by atoms with Crippen LogP contribution in [0.3, 0.4) is 0 Å². The van der Waals surface area contributed by atoms with Crippen LogP contribution in [0.2, 0.25) is 10.0 Å². The summed E-state index contributed by atoms with van der Waals surface area (Å²) in [6.07, 6.45) is 5.12. The minimum Gasteiger partial charge on any atom is -0.297 e. The lowest BCUT2D eigenvalue weighted by Crippen LogP contribution is -2.49. The minimum atomic E-state index is -0.809. The third-order valence-electron chi connectivity index (χ3n) is 5.45. The van der Waals surface area contributed by atoms with Gasteiger partial charge in [0.1, 0.15) is 6.04 Å². The number of Topliss-reactive ketones (excluding diaryl/α,β-unsaturated/α-hetero) is 1. The van der Waals surface area contributed by atoms with Crippen LogP contribution >= 0.6 is 23.2 Å². The van der Waals surface area contributed by atoms with Gasteiger partial charge in [-0.3, -0.25) is 19.4 Å². The first-order valence-electron chi connectivity index (χ1n) is 8.99. The maximum Gasteiger partial charge on any atom is 0.240 e. The second kappa shape index (κ2) is 6.42. The second-order valence-electron chi connectivity index (χ2n) is 8.24. The summed E-state index contributed by atoms with van der Waals surface area (Å²) < 4.78 is 0. The highest BCUT2D eigenvalue weighted by Crippen LogP contribution is 2.48. The van der Waals surface area contributed by atoms with Crippen molar-refractivity contribution in [3.8, 4) is 0 Å². The van der Waals surface area contributed by atoms with Crippen molar-refractivity contribution in [1.82, 2.24) is 5.01 Å². The summed E-state index contributed by atoms with van der Waals surface area (Å²) in [6, 6.07) is 3.37. The smallest absolute Gasteiger partial charge is 0.240 e. The summed E-state index contributed by atoms with van der Waals surface area (Å²) in [6.45, 7) is 5.41. The molecule has 0 radical (unpaired) electrons. The van der Waals surface area contributed by atoms with Crippen LogP contribution in [0.1, 0.15) is 20.8 Å². The van der Waals surface area contributed by atoms with Gasteiger partial charge in [0.25, 0.3) is 0 Å². The quantitative estimate of drug-likeness (QED) is 0.689. The normalized spacial score (nSPS) is 28.8.